The van der Waals surface area contributed by atoms with Gasteiger partial charge >= 0.3 is 6.09 Å². The molecular weight excluding hydrogens is 485 g/mol. The van der Waals surface area contributed by atoms with Crippen molar-refractivity contribution in [2.24, 2.45) is 4.99 Å². The van der Waals surface area contributed by atoms with Crippen LogP contribution in [0.3, 0.4) is 0 Å². The van der Waals surface area contributed by atoms with Gasteiger partial charge in [-0.05, 0) is 52.8 Å². The van der Waals surface area contributed by atoms with Crippen molar-refractivity contribution in [3.63, 3.8) is 0 Å². The highest BCUT2D eigenvalue weighted by molar-refractivity contribution is 14.0. The molecule has 29 heavy (non-hydrogen) atoms. The average Bonchev–Trinajstić information content (AvgIpc) is 3.16. The van der Waals surface area contributed by atoms with Gasteiger partial charge in [0.15, 0.2) is 5.96 Å². The van der Waals surface area contributed by atoms with Crippen molar-refractivity contribution in [3.05, 3.63) is 24.2 Å². The molecule has 2 N–H and O–H groups in total. The second-order valence-electron chi connectivity index (χ2n) is 7.86. The Morgan fingerprint density at radius 2 is 1.97 bits per heavy atom. The summed E-state index contributed by atoms with van der Waals surface area (Å²) in [6.07, 6.45) is 2.46. The van der Waals surface area contributed by atoms with E-state index >= 15 is 0 Å². The van der Waals surface area contributed by atoms with Crippen LogP contribution in [-0.4, -0.2) is 73.3 Å². The fourth-order valence-electron chi connectivity index (χ4n) is 2.89. The van der Waals surface area contributed by atoms with E-state index in [1.807, 2.05) is 39.8 Å². The van der Waals surface area contributed by atoms with Gasteiger partial charge in [-0.2, -0.15) is 0 Å². The Balaban J connectivity index is 0.00000420. The highest BCUT2D eigenvalue weighted by atomic mass is 127. The molecule has 2 heterocycles. The largest absolute Gasteiger partial charge is 0.467 e. The van der Waals surface area contributed by atoms with Gasteiger partial charge in [-0.25, -0.2) is 9.79 Å². The monoisotopic (exact) mass is 521 g/mol. The normalized spacial score (nSPS) is 15.6. The van der Waals surface area contributed by atoms with Crippen LogP contribution in [0.1, 0.15) is 39.9 Å². The van der Waals surface area contributed by atoms with Crippen LogP contribution < -0.4 is 10.6 Å². The van der Waals surface area contributed by atoms with E-state index in [1.54, 1.807) is 11.2 Å². The van der Waals surface area contributed by atoms with E-state index in [1.165, 1.54) is 0 Å². The van der Waals surface area contributed by atoms with Crippen LogP contribution in [0.2, 0.25) is 0 Å². The highest BCUT2D eigenvalue weighted by Crippen LogP contribution is 2.12. The van der Waals surface area contributed by atoms with Crippen molar-refractivity contribution < 1.29 is 13.9 Å². The lowest BCUT2D eigenvalue weighted by molar-refractivity contribution is 0.0145. The van der Waals surface area contributed by atoms with Crippen LogP contribution in [0.25, 0.3) is 0 Å². The zero-order chi connectivity index (χ0) is 20.4. The summed E-state index contributed by atoms with van der Waals surface area (Å²) < 4.78 is 10.8. The number of carbonyl (C=O) groups is 1. The summed E-state index contributed by atoms with van der Waals surface area (Å²) in [5.74, 6) is 1.65. The fraction of sp³-hybridized carbons (Fsp3) is 0.700. The molecule has 9 heteroatoms. The standard InChI is InChI=1S/C20H35N5O3.HI/c1-5-21-18(23-16-17-8-6-15-27-17)22-9-7-10-24-11-13-25(14-12-24)19(26)28-20(2,3)4;/h6,8,15H,5,7,9-14,16H2,1-4H3,(H2,21,22,23);1H. The molecule has 1 saturated heterocycles. The number of amides is 1. The van der Waals surface area contributed by atoms with Gasteiger partial charge in [0.1, 0.15) is 17.9 Å². The first-order valence-electron chi connectivity index (χ1n) is 10.1. The molecular formula is C20H36IN5O3. The van der Waals surface area contributed by atoms with Crippen molar-refractivity contribution in [3.8, 4) is 0 Å². The molecule has 1 aliphatic heterocycles. The number of nitrogens with one attached hydrogen (secondary N) is 2. The van der Waals surface area contributed by atoms with Gasteiger partial charge in [0.05, 0.1) is 6.26 Å². The molecule has 1 aromatic rings. The number of carbonyl (C=O) groups excluding carboxylic acids is 1. The third-order valence-electron chi connectivity index (χ3n) is 4.28. The van der Waals surface area contributed by atoms with Gasteiger partial charge in [-0.15, -0.1) is 24.0 Å². The molecule has 1 fully saturated rings. The quantitative estimate of drug-likeness (QED) is 0.249. The smallest absolute Gasteiger partial charge is 0.410 e. The van der Waals surface area contributed by atoms with E-state index < -0.39 is 5.60 Å². The first kappa shape index (κ1) is 25.5. The minimum atomic E-state index is -0.442. The maximum absolute atomic E-state index is 12.1. The number of furan rings is 1. The molecule has 166 valence electrons. The van der Waals surface area contributed by atoms with Gasteiger partial charge in [0.25, 0.3) is 0 Å². The Labute approximate surface area is 191 Å². The second kappa shape index (κ2) is 12.9. The third-order valence-corrected chi connectivity index (χ3v) is 4.28. The van der Waals surface area contributed by atoms with E-state index in [0.29, 0.717) is 6.54 Å². The molecule has 1 aromatic heterocycles. The van der Waals surface area contributed by atoms with Crippen molar-refractivity contribution in [1.29, 1.82) is 0 Å². The zero-order valence-electron chi connectivity index (χ0n) is 18.1. The molecule has 0 saturated carbocycles. The van der Waals surface area contributed by atoms with Gasteiger partial charge in [-0.1, -0.05) is 0 Å². The van der Waals surface area contributed by atoms with Crippen molar-refractivity contribution in [2.45, 2.75) is 46.3 Å². The lowest BCUT2D eigenvalue weighted by atomic mass is 10.2. The zero-order valence-corrected chi connectivity index (χ0v) is 20.4. The van der Waals surface area contributed by atoms with E-state index in [4.69, 9.17) is 9.15 Å². The van der Waals surface area contributed by atoms with E-state index in [2.05, 4.69) is 20.5 Å². The minimum absolute atomic E-state index is 0. The number of hydrogen-bond acceptors (Lipinski definition) is 5. The fourth-order valence-corrected chi connectivity index (χ4v) is 2.89. The predicted octanol–water partition coefficient (Wildman–Crippen LogP) is 2.90. The van der Waals surface area contributed by atoms with Crippen molar-refractivity contribution in [1.82, 2.24) is 20.4 Å². The highest BCUT2D eigenvalue weighted by Gasteiger charge is 2.25. The van der Waals surface area contributed by atoms with Crippen LogP contribution in [-0.2, 0) is 11.3 Å². The van der Waals surface area contributed by atoms with Crippen LogP contribution in [0.4, 0.5) is 4.79 Å². The molecule has 0 unspecified atom stereocenters. The summed E-state index contributed by atoms with van der Waals surface area (Å²) >= 11 is 0. The van der Waals surface area contributed by atoms with Gasteiger partial charge in [-0.3, -0.25) is 4.90 Å². The molecule has 2 rings (SSSR count). The topological polar surface area (TPSA) is 82.3 Å². The number of guanidine groups is 1. The summed E-state index contributed by atoms with van der Waals surface area (Å²) in [4.78, 5) is 20.8. The maximum atomic E-state index is 12.1. The summed E-state index contributed by atoms with van der Waals surface area (Å²) in [5, 5.41) is 6.61. The molecule has 8 nitrogen and oxygen atoms in total. The van der Waals surface area contributed by atoms with Gasteiger partial charge in [0, 0.05) is 39.3 Å². The number of ether oxygens (including phenoxy) is 1. The number of nitrogens with zero attached hydrogens (tertiary/aromatic N) is 3. The van der Waals surface area contributed by atoms with Gasteiger partial charge < -0.3 is 24.7 Å². The predicted molar refractivity (Wildman–Crippen MR) is 126 cm³/mol. The Morgan fingerprint density at radius 3 is 2.55 bits per heavy atom. The lowest BCUT2D eigenvalue weighted by Crippen LogP contribution is -2.50. The second-order valence-corrected chi connectivity index (χ2v) is 7.86. The van der Waals surface area contributed by atoms with Crippen LogP contribution in [0.5, 0.6) is 0 Å². The Bertz CT molecular complexity index is 608. The molecule has 0 radical (unpaired) electrons. The molecule has 0 spiro atoms. The Morgan fingerprint density at radius 1 is 1.24 bits per heavy atom. The molecule has 1 aliphatic rings. The summed E-state index contributed by atoms with van der Waals surface area (Å²) in [5.41, 5.74) is -0.442. The number of rotatable bonds is 7. The summed E-state index contributed by atoms with van der Waals surface area (Å²) in [6, 6.07) is 3.79. The number of halogens is 1. The first-order valence-corrected chi connectivity index (χ1v) is 10.1. The molecule has 0 atom stereocenters. The van der Waals surface area contributed by atoms with Gasteiger partial charge in [0.2, 0.25) is 0 Å². The number of aliphatic imine (C=N–C) groups is 1. The SMILES string of the molecule is CCNC(=NCc1ccco1)NCCCN1CCN(C(=O)OC(C)(C)C)CC1.I. The molecule has 0 bridgehead atoms. The molecule has 1 amide bonds. The van der Waals surface area contributed by atoms with Crippen LogP contribution >= 0.6 is 24.0 Å². The summed E-state index contributed by atoms with van der Waals surface area (Å²) in [7, 11) is 0. The molecule has 0 aromatic carbocycles. The Kier molecular flexibility index (Phi) is 11.4. The number of piperazine rings is 1. The van der Waals surface area contributed by atoms with Crippen molar-refractivity contribution in [2.75, 3.05) is 45.8 Å². The van der Waals surface area contributed by atoms with E-state index in [-0.39, 0.29) is 30.1 Å². The maximum Gasteiger partial charge on any atom is 0.410 e. The van der Waals surface area contributed by atoms with Crippen LogP contribution in [0, 0.1) is 0 Å². The first-order chi connectivity index (χ1) is 13.4. The Hall–Kier alpha value is -1.49. The molecule has 0 aliphatic carbocycles. The number of hydrogen-bond donors (Lipinski definition) is 2. The lowest BCUT2D eigenvalue weighted by Gasteiger charge is -2.35. The minimum Gasteiger partial charge on any atom is -0.467 e. The van der Waals surface area contributed by atoms with E-state index in [9.17, 15) is 4.79 Å². The van der Waals surface area contributed by atoms with Crippen LogP contribution in [0.15, 0.2) is 27.8 Å². The third kappa shape index (κ3) is 10.2. The average molecular weight is 521 g/mol. The summed E-state index contributed by atoms with van der Waals surface area (Å²) in [6.45, 7) is 14.1. The van der Waals surface area contributed by atoms with Crippen molar-refractivity contribution >= 4 is 36.0 Å². The van der Waals surface area contributed by atoms with E-state index in [0.717, 1.165) is 64.0 Å².